The Morgan fingerprint density at radius 3 is 2.57 bits per heavy atom. The smallest absolute Gasteiger partial charge is 0.234 e. The first-order valence-corrected chi connectivity index (χ1v) is 10.5. The number of benzene rings is 2. The second-order valence-corrected chi connectivity index (χ2v) is 7.57. The Bertz CT molecular complexity index is 808. The van der Waals surface area contributed by atoms with E-state index in [0.717, 1.165) is 42.7 Å². The number of hydrogen-bond acceptors (Lipinski definition) is 4. The van der Waals surface area contributed by atoms with Crippen LogP contribution in [0.5, 0.6) is 5.75 Å². The first-order valence-electron chi connectivity index (χ1n) is 10.5. The van der Waals surface area contributed by atoms with Crippen molar-refractivity contribution in [1.82, 2.24) is 10.2 Å². The molecule has 3 N–H and O–H groups in total. The maximum atomic E-state index is 12.1. The van der Waals surface area contributed by atoms with Gasteiger partial charge < -0.3 is 15.8 Å². The van der Waals surface area contributed by atoms with Crippen molar-refractivity contribution >= 4 is 11.8 Å². The number of ether oxygens (including phenoxy) is 1. The summed E-state index contributed by atoms with van der Waals surface area (Å²) in [4.78, 5) is 25.7. The lowest BCUT2D eigenvalue weighted by atomic mass is 10.0. The number of nitrogens with two attached hydrogens (primary N) is 1. The minimum atomic E-state index is -0.274. The number of carbonyl (C=O) groups is 2. The van der Waals surface area contributed by atoms with Crippen LogP contribution in [-0.2, 0) is 22.6 Å². The summed E-state index contributed by atoms with van der Waals surface area (Å²) in [5, 5.41) is 2.90. The minimum Gasteiger partial charge on any atom is -0.489 e. The van der Waals surface area contributed by atoms with Gasteiger partial charge in [-0.15, -0.1) is 0 Å². The fourth-order valence-electron chi connectivity index (χ4n) is 3.65. The molecule has 1 aliphatic heterocycles. The highest BCUT2D eigenvalue weighted by Crippen LogP contribution is 2.16. The van der Waals surface area contributed by atoms with Gasteiger partial charge in [-0.05, 0) is 49.1 Å². The highest BCUT2D eigenvalue weighted by atomic mass is 16.5. The predicted molar refractivity (Wildman–Crippen MR) is 117 cm³/mol. The topological polar surface area (TPSA) is 84.7 Å². The molecular weight excluding hydrogens is 378 g/mol. The number of likely N-dealkylation sites (tertiary alicyclic amines) is 1. The van der Waals surface area contributed by atoms with Gasteiger partial charge in [0.1, 0.15) is 12.4 Å². The minimum absolute atomic E-state index is 0.105. The molecule has 6 nitrogen and oxygen atoms in total. The Hall–Kier alpha value is -2.86. The molecule has 2 aromatic carbocycles. The van der Waals surface area contributed by atoms with Crippen LogP contribution in [0.4, 0.5) is 0 Å². The van der Waals surface area contributed by atoms with Gasteiger partial charge in [0.15, 0.2) is 0 Å². The number of piperidine rings is 1. The summed E-state index contributed by atoms with van der Waals surface area (Å²) in [6.07, 6.45) is 5.09. The Morgan fingerprint density at radius 2 is 1.83 bits per heavy atom. The van der Waals surface area contributed by atoms with Crippen LogP contribution in [0.15, 0.2) is 54.6 Å². The molecule has 0 aromatic heterocycles. The number of nitrogens with one attached hydrogen (secondary N) is 1. The van der Waals surface area contributed by atoms with E-state index in [0.29, 0.717) is 26.1 Å². The van der Waals surface area contributed by atoms with E-state index in [1.54, 1.807) is 6.42 Å². The Kier molecular flexibility index (Phi) is 8.27. The summed E-state index contributed by atoms with van der Waals surface area (Å²) >= 11 is 0. The van der Waals surface area contributed by atoms with Crippen LogP contribution < -0.4 is 15.8 Å². The molecule has 1 radical (unpaired) electrons. The lowest BCUT2D eigenvalue weighted by Crippen LogP contribution is -2.50. The molecule has 2 aromatic rings. The second-order valence-electron chi connectivity index (χ2n) is 7.57. The second kappa shape index (κ2) is 11.4. The van der Waals surface area contributed by atoms with E-state index in [1.165, 1.54) is 0 Å². The van der Waals surface area contributed by atoms with Gasteiger partial charge in [0.2, 0.25) is 11.8 Å². The molecule has 3 rings (SSSR count). The van der Waals surface area contributed by atoms with E-state index in [4.69, 9.17) is 10.5 Å². The van der Waals surface area contributed by atoms with Crippen molar-refractivity contribution in [3.8, 4) is 5.75 Å². The zero-order valence-electron chi connectivity index (χ0n) is 17.3. The van der Waals surface area contributed by atoms with E-state index in [-0.39, 0.29) is 17.9 Å². The molecule has 0 bridgehead atoms. The van der Waals surface area contributed by atoms with Crippen molar-refractivity contribution in [1.29, 1.82) is 0 Å². The van der Waals surface area contributed by atoms with Crippen molar-refractivity contribution in [2.24, 2.45) is 5.73 Å². The first-order chi connectivity index (χ1) is 14.6. The van der Waals surface area contributed by atoms with Gasteiger partial charge in [-0.1, -0.05) is 48.9 Å². The Labute approximate surface area is 178 Å². The Morgan fingerprint density at radius 1 is 1.07 bits per heavy atom. The van der Waals surface area contributed by atoms with Gasteiger partial charge in [0.05, 0.1) is 12.5 Å². The fraction of sp³-hybridized carbons (Fsp3) is 0.375. The molecule has 1 atom stereocenters. The zero-order chi connectivity index (χ0) is 21.2. The number of primary amides is 1. The number of carbonyl (C=O) groups excluding carboxylic acids is 2. The molecule has 2 amide bonds. The largest absolute Gasteiger partial charge is 0.489 e. The average Bonchev–Trinajstić information content (AvgIpc) is 2.78. The molecule has 159 valence electrons. The summed E-state index contributed by atoms with van der Waals surface area (Å²) in [6, 6.07) is 17.6. The van der Waals surface area contributed by atoms with E-state index in [9.17, 15) is 9.59 Å². The number of rotatable bonds is 10. The first kappa shape index (κ1) is 21.8. The molecule has 1 saturated heterocycles. The van der Waals surface area contributed by atoms with Crippen LogP contribution in [0.3, 0.4) is 0 Å². The van der Waals surface area contributed by atoms with Crippen molar-refractivity contribution in [2.75, 3.05) is 19.6 Å². The SMILES string of the molecule is NC(=O)C1CCCCN1CCNC(=O)[CH]Cc1ccc(OCc2ccccc2)cc1. The zero-order valence-corrected chi connectivity index (χ0v) is 17.3. The fourth-order valence-corrected chi connectivity index (χ4v) is 3.65. The van der Waals surface area contributed by atoms with Crippen LogP contribution in [0, 0.1) is 6.42 Å². The van der Waals surface area contributed by atoms with Crippen molar-refractivity contribution in [2.45, 2.75) is 38.3 Å². The van der Waals surface area contributed by atoms with Crippen molar-refractivity contribution < 1.29 is 14.3 Å². The van der Waals surface area contributed by atoms with Crippen molar-refractivity contribution in [3.05, 3.63) is 72.1 Å². The van der Waals surface area contributed by atoms with E-state index >= 15 is 0 Å². The summed E-state index contributed by atoms with van der Waals surface area (Å²) in [6.45, 7) is 2.53. The molecule has 1 heterocycles. The normalized spacial score (nSPS) is 16.7. The molecule has 0 aliphatic carbocycles. The van der Waals surface area contributed by atoms with Crippen molar-refractivity contribution in [3.63, 3.8) is 0 Å². The molecule has 0 saturated carbocycles. The van der Waals surface area contributed by atoms with Gasteiger partial charge >= 0.3 is 0 Å². The van der Waals surface area contributed by atoms with Gasteiger partial charge in [0, 0.05) is 13.1 Å². The molecule has 6 heteroatoms. The number of amides is 2. The lowest BCUT2D eigenvalue weighted by molar-refractivity contribution is -0.124. The molecule has 1 aliphatic rings. The monoisotopic (exact) mass is 408 g/mol. The van der Waals surface area contributed by atoms with Crippen LogP contribution in [0.2, 0.25) is 0 Å². The van der Waals surface area contributed by atoms with Gasteiger partial charge in [-0.3, -0.25) is 14.5 Å². The van der Waals surface area contributed by atoms with Crippen LogP contribution in [-0.4, -0.2) is 42.4 Å². The summed E-state index contributed by atoms with van der Waals surface area (Å²) in [5.41, 5.74) is 7.64. The summed E-state index contributed by atoms with van der Waals surface area (Å²) in [5.74, 6) is 0.424. The summed E-state index contributed by atoms with van der Waals surface area (Å²) < 4.78 is 5.78. The Balaban J connectivity index is 1.34. The quantitative estimate of drug-likeness (QED) is 0.633. The maximum absolute atomic E-state index is 12.1. The summed E-state index contributed by atoms with van der Waals surface area (Å²) in [7, 11) is 0. The highest BCUT2D eigenvalue weighted by molar-refractivity contribution is 5.85. The predicted octanol–water partition coefficient (Wildman–Crippen LogP) is 2.47. The third-order valence-corrected chi connectivity index (χ3v) is 5.34. The van der Waals surface area contributed by atoms with Gasteiger partial charge in [0.25, 0.3) is 0 Å². The number of nitrogens with zero attached hydrogens (tertiary/aromatic N) is 1. The van der Waals surface area contributed by atoms with Crippen LogP contribution in [0.25, 0.3) is 0 Å². The average molecular weight is 409 g/mol. The lowest BCUT2D eigenvalue weighted by Gasteiger charge is -2.33. The molecule has 1 fully saturated rings. The van der Waals surface area contributed by atoms with E-state index in [1.807, 2.05) is 54.6 Å². The van der Waals surface area contributed by atoms with E-state index < -0.39 is 0 Å². The third-order valence-electron chi connectivity index (χ3n) is 5.34. The molecular formula is C24H30N3O3. The van der Waals surface area contributed by atoms with Gasteiger partial charge in [-0.25, -0.2) is 0 Å². The standard InChI is InChI=1S/C24H30N3O3/c25-24(29)22-8-4-5-16-27(22)17-15-26-23(28)14-11-19-9-12-21(13-10-19)30-18-20-6-2-1-3-7-20/h1-3,6-7,9-10,12-14,22H,4-5,8,11,15-18H2,(H2,25,29)(H,26,28). The molecule has 30 heavy (non-hydrogen) atoms. The molecule has 0 spiro atoms. The highest BCUT2D eigenvalue weighted by Gasteiger charge is 2.26. The van der Waals surface area contributed by atoms with Gasteiger partial charge in [-0.2, -0.15) is 0 Å². The maximum Gasteiger partial charge on any atom is 0.234 e. The van der Waals surface area contributed by atoms with E-state index in [2.05, 4.69) is 10.2 Å². The molecule has 1 unspecified atom stereocenters. The number of hydrogen-bond donors (Lipinski definition) is 2. The van der Waals surface area contributed by atoms with Crippen LogP contribution in [0.1, 0.15) is 30.4 Å². The third kappa shape index (κ3) is 6.88. The van der Waals surface area contributed by atoms with Crippen LogP contribution >= 0.6 is 0 Å².